The molecule has 30 heavy (non-hydrogen) atoms. The third-order valence-corrected chi connectivity index (χ3v) is 6.72. The monoisotopic (exact) mass is 518 g/mol. The van der Waals surface area contributed by atoms with Crippen LogP contribution in [0.15, 0.2) is 58.1 Å². The lowest BCUT2D eigenvalue weighted by molar-refractivity contribution is -0.113. The molecule has 154 valence electrons. The molecule has 0 saturated heterocycles. The number of nitrogens with one attached hydrogen (secondary N) is 1. The number of alkyl halides is 1. The van der Waals surface area contributed by atoms with Gasteiger partial charge in [-0.15, -0.1) is 11.6 Å². The summed E-state index contributed by atoms with van der Waals surface area (Å²) in [6, 6.07) is 12.0. The maximum absolute atomic E-state index is 12.6. The van der Waals surface area contributed by atoms with Crippen LogP contribution in [0.5, 0.6) is 0 Å². The fraction of sp³-hybridized carbons (Fsp3) is 0.143. The van der Waals surface area contributed by atoms with Crippen molar-refractivity contribution in [3.05, 3.63) is 84.3 Å². The van der Waals surface area contributed by atoms with E-state index < -0.39 is 11.3 Å². The van der Waals surface area contributed by atoms with Gasteiger partial charge in [0.25, 0.3) is 5.91 Å². The standard InChI is InChI=1S/C21H12Cl6N2O/c22-11-1-3-13(16(23)7-11)15(9-28)14-4-2-12(8-17(14)24)29-21(30)10-5-18(25)20(27)19(26)6-10/h1-5,7-8,15,19H,6H2,(H,29,30). The first-order valence-corrected chi connectivity index (χ1v) is 10.9. The van der Waals surface area contributed by atoms with Gasteiger partial charge >= 0.3 is 0 Å². The molecule has 1 N–H and O–H groups in total. The number of nitriles is 1. The molecule has 0 bridgehead atoms. The first kappa shape index (κ1) is 23.3. The smallest absolute Gasteiger partial charge is 0.251 e. The van der Waals surface area contributed by atoms with Crippen molar-refractivity contribution < 1.29 is 4.79 Å². The molecule has 1 aliphatic rings. The SMILES string of the molecule is N#CC(c1ccc(Cl)cc1Cl)c1ccc(NC(=O)C2=CC(Cl)=C(Cl)C(Cl)C2)cc1Cl. The molecule has 0 fully saturated rings. The van der Waals surface area contributed by atoms with Gasteiger partial charge in [0.2, 0.25) is 0 Å². The zero-order valence-electron chi connectivity index (χ0n) is 15.0. The van der Waals surface area contributed by atoms with Crippen molar-refractivity contribution in [3.8, 4) is 6.07 Å². The molecule has 0 radical (unpaired) electrons. The van der Waals surface area contributed by atoms with Gasteiger partial charge < -0.3 is 5.32 Å². The quantitative estimate of drug-likeness (QED) is 0.417. The van der Waals surface area contributed by atoms with Crippen LogP contribution in [0.2, 0.25) is 15.1 Å². The second-order valence-electron chi connectivity index (χ2n) is 6.46. The van der Waals surface area contributed by atoms with E-state index in [1.165, 1.54) is 6.08 Å². The highest BCUT2D eigenvalue weighted by Gasteiger charge is 2.24. The topological polar surface area (TPSA) is 52.9 Å². The van der Waals surface area contributed by atoms with Crippen LogP contribution in [0.4, 0.5) is 5.69 Å². The van der Waals surface area contributed by atoms with Crippen LogP contribution >= 0.6 is 69.6 Å². The Kier molecular flexibility index (Phi) is 7.63. The normalized spacial score (nSPS) is 17.2. The molecule has 3 nitrogen and oxygen atoms in total. The molecule has 0 aliphatic heterocycles. The average Bonchev–Trinajstić information content (AvgIpc) is 2.69. The summed E-state index contributed by atoms with van der Waals surface area (Å²) in [5.74, 6) is -1.07. The van der Waals surface area contributed by atoms with E-state index in [0.29, 0.717) is 42.5 Å². The first-order valence-electron chi connectivity index (χ1n) is 8.56. The molecule has 0 spiro atoms. The van der Waals surface area contributed by atoms with Crippen LogP contribution in [0.25, 0.3) is 0 Å². The third-order valence-electron chi connectivity index (χ3n) is 4.47. The Labute approximate surface area is 203 Å². The van der Waals surface area contributed by atoms with Gasteiger partial charge in [-0.2, -0.15) is 5.26 Å². The van der Waals surface area contributed by atoms with E-state index in [2.05, 4.69) is 11.4 Å². The van der Waals surface area contributed by atoms with Gasteiger partial charge in [-0.1, -0.05) is 70.1 Å². The number of amides is 1. The number of carbonyl (C=O) groups excluding carboxylic acids is 1. The van der Waals surface area contributed by atoms with Crippen molar-refractivity contribution in [1.29, 1.82) is 5.26 Å². The molecular weight excluding hydrogens is 509 g/mol. The third kappa shape index (κ3) is 5.08. The number of nitrogens with zero attached hydrogens (tertiary/aromatic N) is 1. The summed E-state index contributed by atoms with van der Waals surface area (Å²) in [5, 5.41) is 13.6. The zero-order valence-corrected chi connectivity index (χ0v) is 19.6. The Balaban J connectivity index is 1.84. The Morgan fingerprint density at radius 1 is 1.03 bits per heavy atom. The molecule has 2 aromatic rings. The van der Waals surface area contributed by atoms with Crippen molar-refractivity contribution in [2.45, 2.75) is 17.7 Å². The second kappa shape index (κ2) is 9.83. The minimum absolute atomic E-state index is 0.234. The molecule has 2 atom stereocenters. The van der Waals surface area contributed by atoms with Crippen LogP contribution in [-0.2, 0) is 4.79 Å². The number of benzene rings is 2. The van der Waals surface area contributed by atoms with Gasteiger partial charge in [-0.05, 0) is 47.9 Å². The Morgan fingerprint density at radius 2 is 1.67 bits per heavy atom. The van der Waals surface area contributed by atoms with Crippen LogP contribution in [0.1, 0.15) is 23.5 Å². The van der Waals surface area contributed by atoms with Crippen LogP contribution in [0.3, 0.4) is 0 Å². The molecule has 3 rings (SSSR count). The number of anilines is 1. The lowest BCUT2D eigenvalue weighted by Gasteiger charge is -2.18. The minimum Gasteiger partial charge on any atom is -0.322 e. The number of halogens is 6. The van der Waals surface area contributed by atoms with Crippen LogP contribution < -0.4 is 5.32 Å². The van der Waals surface area contributed by atoms with Crippen molar-refractivity contribution in [2.24, 2.45) is 0 Å². The van der Waals surface area contributed by atoms with Gasteiger partial charge in [0.1, 0.15) is 0 Å². The summed E-state index contributed by atoms with van der Waals surface area (Å²) < 4.78 is 0. The molecule has 2 aromatic carbocycles. The molecule has 1 aliphatic carbocycles. The Bertz CT molecular complexity index is 1120. The van der Waals surface area contributed by atoms with E-state index in [4.69, 9.17) is 69.6 Å². The largest absolute Gasteiger partial charge is 0.322 e. The molecule has 1 amide bonds. The number of rotatable bonds is 4. The summed E-state index contributed by atoms with van der Waals surface area (Å²) in [5.41, 5.74) is 1.99. The van der Waals surface area contributed by atoms with Crippen molar-refractivity contribution in [1.82, 2.24) is 0 Å². The molecule has 0 saturated carbocycles. The zero-order chi connectivity index (χ0) is 22.0. The molecule has 2 unspecified atom stereocenters. The van der Waals surface area contributed by atoms with Crippen LogP contribution in [0, 0.1) is 11.3 Å². The van der Waals surface area contributed by atoms with Gasteiger partial charge in [0, 0.05) is 26.3 Å². The van der Waals surface area contributed by atoms with Gasteiger partial charge in [-0.3, -0.25) is 4.79 Å². The number of carbonyl (C=O) groups is 1. The van der Waals surface area contributed by atoms with E-state index in [-0.39, 0.29) is 17.4 Å². The van der Waals surface area contributed by atoms with Crippen LogP contribution in [-0.4, -0.2) is 11.3 Å². The van der Waals surface area contributed by atoms with Gasteiger partial charge in [0.15, 0.2) is 0 Å². The van der Waals surface area contributed by atoms with Crippen molar-refractivity contribution >= 4 is 81.2 Å². The average molecular weight is 521 g/mol. The van der Waals surface area contributed by atoms with E-state index in [9.17, 15) is 10.1 Å². The highest BCUT2D eigenvalue weighted by Crippen LogP contribution is 2.37. The maximum atomic E-state index is 12.6. The van der Waals surface area contributed by atoms with Crippen molar-refractivity contribution in [3.63, 3.8) is 0 Å². The number of hydrogen-bond acceptors (Lipinski definition) is 2. The fourth-order valence-electron chi connectivity index (χ4n) is 2.96. The summed E-state index contributed by atoms with van der Waals surface area (Å²) in [6.07, 6.45) is 1.74. The summed E-state index contributed by atoms with van der Waals surface area (Å²) in [6.45, 7) is 0. The maximum Gasteiger partial charge on any atom is 0.251 e. The highest BCUT2D eigenvalue weighted by molar-refractivity contribution is 6.45. The van der Waals surface area contributed by atoms with E-state index in [1.54, 1.807) is 36.4 Å². The fourth-order valence-corrected chi connectivity index (χ4v) is 4.51. The molecule has 9 heteroatoms. The van der Waals surface area contributed by atoms with E-state index in [0.717, 1.165) is 0 Å². The summed E-state index contributed by atoms with van der Waals surface area (Å²) >= 11 is 36.7. The van der Waals surface area contributed by atoms with Gasteiger partial charge in [-0.25, -0.2) is 0 Å². The van der Waals surface area contributed by atoms with Crippen molar-refractivity contribution in [2.75, 3.05) is 5.32 Å². The second-order valence-corrected chi connectivity index (χ2v) is 9.05. The van der Waals surface area contributed by atoms with E-state index >= 15 is 0 Å². The predicted molar refractivity (Wildman–Crippen MR) is 125 cm³/mol. The summed E-state index contributed by atoms with van der Waals surface area (Å²) in [4.78, 5) is 12.6. The Hall–Kier alpha value is -1.38. The highest BCUT2D eigenvalue weighted by atomic mass is 35.5. The van der Waals surface area contributed by atoms with Gasteiger partial charge in [0.05, 0.1) is 27.4 Å². The minimum atomic E-state index is -0.698. The lowest BCUT2D eigenvalue weighted by Crippen LogP contribution is -2.19. The summed E-state index contributed by atoms with van der Waals surface area (Å²) in [7, 11) is 0. The lowest BCUT2D eigenvalue weighted by atomic mass is 9.92. The van der Waals surface area contributed by atoms with E-state index in [1.807, 2.05) is 0 Å². The number of allylic oxidation sites excluding steroid dienone is 3. The molecular formula is C21H12Cl6N2O. The Morgan fingerprint density at radius 3 is 2.23 bits per heavy atom. The molecule has 0 heterocycles. The predicted octanol–water partition coefficient (Wildman–Crippen LogP) is 7.87. The number of hydrogen-bond donors (Lipinski definition) is 1. The molecule has 0 aromatic heterocycles. The first-order chi connectivity index (χ1) is 14.2.